The molecule has 0 spiro atoms. The maximum atomic E-state index is 11.7. The van der Waals surface area contributed by atoms with E-state index in [1.165, 1.54) is 7.11 Å². The summed E-state index contributed by atoms with van der Waals surface area (Å²) < 4.78 is 5.65. The molecular weight excluding hydrogens is 240 g/mol. The fourth-order valence-corrected chi connectivity index (χ4v) is 1.85. The highest BCUT2D eigenvalue weighted by molar-refractivity contribution is 6.03. The molecular formula is C11H10N2O5. The normalized spacial score (nSPS) is 10.3. The molecule has 0 aliphatic carbocycles. The van der Waals surface area contributed by atoms with Crippen molar-refractivity contribution in [2.24, 2.45) is 0 Å². The highest BCUT2D eigenvalue weighted by Crippen LogP contribution is 2.32. The maximum absolute atomic E-state index is 11.7. The average Bonchev–Trinajstić information content (AvgIpc) is 2.72. The number of aromatic nitrogens is 1. The van der Waals surface area contributed by atoms with Crippen LogP contribution in [-0.4, -0.2) is 29.8 Å². The number of nitrogens with zero attached hydrogens (tertiary/aromatic N) is 2. The Labute approximate surface area is 102 Å². The van der Waals surface area contributed by atoms with Gasteiger partial charge in [-0.25, -0.2) is 4.79 Å². The van der Waals surface area contributed by atoms with Gasteiger partial charge >= 0.3 is 11.7 Å². The molecule has 0 fully saturated rings. The van der Waals surface area contributed by atoms with Gasteiger partial charge in [-0.15, -0.1) is 0 Å². The van der Waals surface area contributed by atoms with E-state index in [4.69, 9.17) is 4.84 Å². The number of hydrogen-bond donors (Lipinski definition) is 0. The van der Waals surface area contributed by atoms with E-state index < -0.39 is 10.9 Å². The Hall–Kier alpha value is -2.57. The minimum Gasteiger partial charge on any atom is -0.464 e. The predicted molar refractivity (Wildman–Crippen MR) is 62.4 cm³/mol. The molecule has 0 bridgehead atoms. The molecule has 0 N–H and O–H groups in total. The average molecular weight is 250 g/mol. The summed E-state index contributed by atoms with van der Waals surface area (Å²) in [6.45, 7) is 0. The molecule has 0 unspecified atom stereocenters. The lowest BCUT2D eigenvalue weighted by atomic mass is 10.2. The van der Waals surface area contributed by atoms with Crippen molar-refractivity contribution in [3.05, 3.63) is 40.1 Å². The van der Waals surface area contributed by atoms with Gasteiger partial charge in [-0.3, -0.25) is 10.1 Å². The molecule has 1 aromatic carbocycles. The van der Waals surface area contributed by atoms with Crippen LogP contribution in [0.15, 0.2) is 24.3 Å². The molecule has 0 radical (unpaired) electrons. The van der Waals surface area contributed by atoms with Gasteiger partial charge in [-0.1, -0.05) is 12.1 Å². The van der Waals surface area contributed by atoms with Crippen LogP contribution in [-0.2, 0) is 4.74 Å². The monoisotopic (exact) mass is 250 g/mol. The van der Waals surface area contributed by atoms with Gasteiger partial charge in [-0.05, 0) is 12.1 Å². The summed E-state index contributed by atoms with van der Waals surface area (Å²) in [5.74, 6) is -0.820. The molecule has 0 amide bonds. The number of hydrogen-bond acceptors (Lipinski definition) is 5. The number of benzene rings is 1. The van der Waals surface area contributed by atoms with Gasteiger partial charge in [0.25, 0.3) is 0 Å². The van der Waals surface area contributed by atoms with Crippen LogP contribution in [0.3, 0.4) is 0 Å². The Kier molecular flexibility index (Phi) is 2.88. The zero-order chi connectivity index (χ0) is 13.3. The van der Waals surface area contributed by atoms with Crippen LogP contribution < -0.4 is 4.84 Å². The number of carbonyl (C=O) groups excluding carboxylic acids is 1. The first-order valence-electron chi connectivity index (χ1n) is 5.02. The van der Waals surface area contributed by atoms with Gasteiger partial charge in [0.2, 0.25) is 5.69 Å². The van der Waals surface area contributed by atoms with Gasteiger partial charge in [-0.2, -0.15) is 4.73 Å². The second kappa shape index (κ2) is 4.36. The maximum Gasteiger partial charge on any atom is 0.365 e. The van der Waals surface area contributed by atoms with Crippen LogP contribution in [0.4, 0.5) is 5.69 Å². The third-order valence-electron chi connectivity index (χ3n) is 2.55. The van der Waals surface area contributed by atoms with Crippen LogP contribution >= 0.6 is 0 Å². The van der Waals surface area contributed by atoms with E-state index in [0.29, 0.717) is 10.9 Å². The second-order valence-electron chi connectivity index (χ2n) is 3.44. The van der Waals surface area contributed by atoms with E-state index in [9.17, 15) is 14.9 Å². The Morgan fingerprint density at radius 3 is 2.56 bits per heavy atom. The third kappa shape index (κ3) is 1.56. The first-order chi connectivity index (χ1) is 8.61. The van der Waals surface area contributed by atoms with Gasteiger partial charge in [0, 0.05) is 0 Å². The van der Waals surface area contributed by atoms with Crippen molar-refractivity contribution in [3.8, 4) is 0 Å². The number of rotatable bonds is 3. The van der Waals surface area contributed by atoms with Crippen molar-refractivity contribution < 1.29 is 19.3 Å². The number of para-hydroxylation sites is 1. The van der Waals surface area contributed by atoms with Crippen molar-refractivity contribution in [1.29, 1.82) is 0 Å². The fraction of sp³-hybridized carbons (Fsp3) is 0.182. The quantitative estimate of drug-likeness (QED) is 0.467. The van der Waals surface area contributed by atoms with E-state index in [0.717, 1.165) is 11.8 Å². The van der Waals surface area contributed by atoms with Crippen LogP contribution in [0.2, 0.25) is 0 Å². The predicted octanol–water partition coefficient (Wildman–Crippen LogP) is 1.39. The van der Waals surface area contributed by atoms with E-state index in [1.54, 1.807) is 24.3 Å². The summed E-state index contributed by atoms with van der Waals surface area (Å²) in [6, 6.07) is 6.52. The molecule has 0 aliphatic heterocycles. The summed E-state index contributed by atoms with van der Waals surface area (Å²) in [4.78, 5) is 27.2. The molecule has 7 heteroatoms. The number of methoxy groups -OCH3 is 1. The lowest BCUT2D eigenvalue weighted by Gasteiger charge is -2.05. The molecule has 1 aromatic heterocycles. The van der Waals surface area contributed by atoms with Crippen LogP contribution in [0.25, 0.3) is 10.9 Å². The Morgan fingerprint density at radius 2 is 2.00 bits per heavy atom. The van der Waals surface area contributed by atoms with Crippen LogP contribution in [0.1, 0.15) is 10.5 Å². The number of fused-ring (bicyclic) bond motifs is 1. The largest absolute Gasteiger partial charge is 0.464 e. The summed E-state index contributed by atoms with van der Waals surface area (Å²) in [6.07, 6.45) is 0. The smallest absolute Gasteiger partial charge is 0.365 e. The number of nitro groups is 1. The number of carbonyl (C=O) groups is 1. The van der Waals surface area contributed by atoms with Crippen molar-refractivity contribution in [2.75, 3.05) is 14.2 Å². The van der Waals surface area contributed by atoms with Crippen LogP contribution in [0.5, 0.6) is 0 Å². The SMILES string of the molecule is COC(=O)c1c([N+](=O)[O-])c2ccccc2n1OC. The van der Waals surface area contributed by atoms with E-state index in [-0.39, 0.29) is 11.4 Å². The summed E-state index contributed by atoms with van der Waals surface area (Å²) in [5, 5.41) is 11.4. The summed E-state index contributed by atoms with van der Waals surface area (Å²) in [7, 11) is 2.48. The van der Waals surface area contributed by atoms with Gasteiger partial charge in [0.15, 0.2) is 0 Å². The highest BCUT2D eigenvalue weighted by atomic mass is 16.7. The van der Waals surface area contributed by atoms with E-state index in [1.807, 2.05) is 0 Å². The Balaban J connectivity index is 2.92. The van der Waals surface area contributed by atoms with Gasteiger partial charge < -0.3 is 9.57 Å². The summed E-state index contributed by atoms with van der Waals surface area (Å²) in [5.41, 5.74) is -0.113. The minimum atomic E-state index is -0.820. The Bertz CT molecular complexity index is 632. The number of ether oxygens (including phenoxy) is 1. The minimum absolute atomic E-state index is 0.230. The molecule has 0 saturated carbocycles. The molecule has 94 valence electrons. The fourth-order valence-electron chi connectivity index (χ4n) is 1.85. The first-order valence-corrected chi connectivity index (χ1v) is 5.02. The third-order valence-corrected chi connectivity index (χ3v) is 2.55. The first kappa shape index (κ1) is 11.9. The zero-order valence-corrected chi connectivity index (χ0v) is 9.75. The molecule has 18 heavy (non-hydrogen) atoms. The van der Waals surface area contributed by atoms with Gasteiger partial charge in [0.1, 0.15) is 7.11 Å². The van der Waals surface area contributed by atoms with Gasteiger partial charge in [0.05, 0.1) is 22.9 Å². The molecule has 0 saturated heterocycles. The van der Waals surface area contributed by atoms with E-state index in [2.05, 4.69) is 4.74 Å². The lowest BCUT2D eigenvalue weighted by Crippen LogP contribution is -2.16. The van der Waals surface area contributed by atoms with Crippen LogP contribution in [0, 0.1) is 10.1 Å². The molecule has 7 nitrogen and oxygen atoms in total. The molecule has 2 rings (SSSR count). The van der Waals surface area contributed by atoms with E-state index >= 15 is 0 Å². The van der Waals surface area contributed by atoms with Crippen molar-refractivity contribution in [2.45, 2.75) is 0 Å². The lowest BCUT2D eigenvalue weighted by molar-refractivity contribution is -0.383. The number of esters is 1. The highest BCUT2D eigenvalue weighted by Gasteiger charge is 2.32. The topological polar surface area (TPSA) is 83.6 Å². The molecule has 0 atom stereocenters. The zero-order valence-electron chi connectivity index (χ0n) is 9.75. The van der Waals surface area contributed by atoms with Crippen molar-refractivity contribution in [1.82, 2.24) is 4.73 Å². The standard InChI is InChI=1S/C11H10N2O5/c1-17-11(14)10-9(13(15)16)7-5-3-4-6-8(7)12(10)18-2/h3-6H,1-2H3. The Morgan fingerprint density at radius 1 is 1.33 bits per heavy atom. The van der Waals surface area contributed by atoms with Crippen molar-refractivity contribution in [3.63, 3.8) is 0 Å². The molecule has 1 heterocycles. The molecule has 2 aromatic rings. The second-order valence-corrected chi connectivity index (χ2v) is 3.44. The van der Waals surface area contributed by atoms with Crippen molar-refractivity contribution >= 4 is 22.6 Å². The molecule has 0 aliphatic rings. The summed E-state index contributed by atoms with van der Waals surface area (Å²) >= 11 is 0.